The monoisotopic (exact) mass is 183 g/mol. The highest BCUT2D eigenvalue weighted by Crippen LogP contribution is 2.13. The zero-order valence-electron chi connectivity index (χ0n) is 7.33. The van der Waals surface area contributed by atoms with Crippen molar-refractivity contribution in [1.29, 1.82) is 1.34 Å². The van der Waals surface area contributed by atoms with Gasteiger partial charge in [0.2, 0.25) is 0 Å². The minimum absolute atomic E-state index is 0.0474. The van der Waals surface area contributed by atoms with Gasteiger partial charge in [-0.05, 0) is 1.34 Å². The first kappa shape index (κ1) is 7.67. The van der Waals surface area contributed by atoms with E-state index in [0.717, 1.165) is 0 Å². The van der Waals surface area contributed by atoms with E-state index >= 15 is 0 Å². The molecule has 0 amide bonds. The van der Waals surface area contributed by atoms with Crippen LogP contribution >= 0.6 is 0 Å². The fraction of sp³-hybridized carbons (Fsp3) is 0.286. The lowest BCUT2D eigenvalue weighted by Crippen LogP contribution is -2.25. The van der Waals surface area contributed by atoms with Gasteiger partial charge in [0.1, 0.15) is 7.81 Å². The van der Waals surface area contributed by atoms with Crippen LogP contribution in [-0.2, 0) is 20.8 Å². The van der Waals surface area contributed by atoms with Crippen LogP contribution in [0.1, 0.15) is 12.8 Å². The molecule has 0 radical (unpaired) electrons. The first-order chi connectivity index (χ1) is 6.19. The summed E-state index contributed by atoms with van der Waals surface area (Å²) in [6.07, 6.45) is 0.0947. The number of carbonyl (C=O) groups is 2. The standard InChI is InChI=1S/C7H7BO3S/c8-3-5-6(9)1-4(12-11)2-7(5)10/h3H,1-2,8H2/i8D. The number of carbonyl (C=O) groups excluding carboxylic acids is 2. The maximum atomic E-state index is 11.2. The second-order valence-corrected chi connectivity index (χ2v) is 3.18. The SMILES string of the molecule is [2H]BC=C1C(=O)CC(=S=O)CC1=O. The third-order valence-electron chi connectivity index (χ3n) is 1.64. The fourth-order valence-electron chi connectivity index (χ4n) is 1.05. The van der Waals surface area contributed by atoms with Gasteiger partial charge in [-0.3, -0.25) is 9.59 Å². The molecule has 1 saturated carbocycles. The van der Waals surface area contributed by atoms with E-state index in [1.165, 1.54) is 5.98 Å². The zero-order chi connectivity index (χ0) is 9.84. The van der Waals surface area contributed by atoms with E-state index < -0.39 is 0 Å². The topological polar surface area (TPSA) is 51.2 Å². The Kier molecular flexibility index (Phi) is 2.32. The maximum Gasteiger partial charge on any atom is 0.170 e. The van der Waals surface area contributed by atoms with Crippen molar-refractivity contribution in [3.63, 3.8) is 0 Å². The largest absolute Gasteiger partial charge is 0.294 e. The fourth-order valence-corrected chi connectivity index (χ4v) is 1.43. The zero-order valence-corrected chi connectivity index (χ0v) is 7.15. The number of ketones is 2. The van der Waals surface area contributed by atoms with Crippen molar-refractivity contribution in [2.45, 2.75) is 12.8 Å². The molecule has 0 aliphatic heterocycles. The molecule has 62 valence electrons. The highest BCUT2D eigenvalue weighted by Gasteiger charge is 2.25. The second kappa shape index (κ2) is 3.62. The van der Waals surface area contributed by atoms with Crippen LogP contribution in [0.25, 0.3) is 0 Å². The highest BCUT2D eigenvalue weighted by atomic mass is 32.1. The summed E-state index contributed by atoms with van der Waals surface area (Å²) in [6.45, 7) is 0. The van der Waals surface area contributed by atoms with E-state index in [9.17, 15) is 13.8 Å². The van der Waals surface area contributed by atoms with Crippen LogP contribution in [0.4, 0.5) is 0 Å². The predicted octanol–water partition coefficient (Wildman–Crippen LogP) is -1.18. The Bertz CT molecular complexity index is 322. The smallest absolute Gasteiger partial charge is 0.170 e. The Morgan fingerprint density at radius 2 is 2.00 bits per heavy atom. The Morgan fingerprint density at radius 3 is 2.42 bits per heavy atom. The van der Waals surface area contributed by atoms with Gasteiger partial charge in [0.25, 0.3) is 0 Å². The summed E-state index contributed by atoms with van der Waals surface area (Å²) in [4.78, 5) is 22.8. The molecule has 5 heteroatoms. The molecule has 0 spiro atoms. The molecule has 12 heavy (non-hydrogen) atoms. The summed E-state index contributed by atoms with van der Waals surface area (Å²) in [5.74, 6) is 0.639. The Balaban J connectivity index is 2.95. The summed E-state index contributed by atoms with van der Waals surface area (Å²) in [5, 5.41) is 0. The second-order valence-electron chi connectivity index (χ2n) is 2.44. The van der Waals surface area contributed by atoms with Gasteiger partial charge in [-0.1, -0.05) is 0 Å². The van der Waals surface area contributed by atoms with Crippen molar-refractivity contribution in [1.82, 2.24) is 0 Å². The lowest BCUT2D eigenvalue weighted by molar-refractivity contribution is -0.121. The molecule has 0 aromatic heterocycles. The van der Waals surface area contributed by atoms with E-state index in [1.54, 1.807) is 0 Å². The van der Waals surface area contributed by atoms with Gasteiger partial charge in [-0.25, -0.2) is 4.21 Å². The first-order valence-corrected chi connectivity index (χ1v) is 4.13. The van der Waals surface area contributed by atoms with E-state index in [2.05, 4.69) is 0 Å². The molecule has 0 bridgehead atoms. The Morgan fingerprint density at radius 1 is 1.42 bits per heavy atom. The summed E-state index contributed by atoms with van der Waals surface area (Å²) < 4.78 is 17.2. The highest BCUT2D eigenvalue weighted by molar-refractivity contribution is 7.66. The molecular weight excluding hydrogens is 175 g/mol. The van der Waals surface area contributed by atoms with Crippen LogP contribution in [0.2, 0.25) is 0 Å². The van der Waals surface area contributed by atoms with Crippen molar-refractivity contribution in [3.8, 4) is 0 Å². The van der Waals surface area contributed by atoms with Crippen LogP contribution in [0.15, 0.2) is 11.5 Å². The minimum Gasteiger partial charge on any atom is -0.294 e. The number of rotatable bonds is 1. The Hall–Kier alpha value is -0.965. The van der Waals surface area contributed by atoms with Crippen molar-refractivity contribution in [2.24, 2.45) is 0 Å². The molecule has 1 aliphatic carbocycles. The average molecular weight is 183 g/mol. The van der Waals surface area contributed by atoms with Gasteiger partial charge in [-0.15, -0.1) is 5.98 Å². The van der Waals surface area contributed by atoms with E-state index in [-0.39, 0.29) is 49.0 Å². The molecule has 0 unspecified atom stereocenters. The number of hydrogen-bond donors (Lipinski definition) is 0. The first-order valence-electron chi connectivity index (χ1n) is 4.10. The molecule has 3 nitrogen and oxygen atoms in total. The van der Waals surface area contributed by atoms with Crippen molar-refractivity contribution < 1.29 is 13.8 Å². The molecule has 0 heterocycles. The van der Waals surface area contributed by atoms with E-state index in [4.69, 9.17) is 1.34 Å². The molecule has 0 saturated heterocycles. The normalized spacial score (nSPS) is 18.8. The van der Waals surface area contributed by atoms with Crippen LogP contribution in [0.5, 0.6) is 0 Å². The van der Waals surface area contributed by atoms with Crippen molar-refractivity contribution in [2.75, 3.05) is 0 Å². The number of Topliss-reactive ketones (excluding diaryl/α,β-unsaturated/α-hetero) is 2. The third-order valence-corrected chi connectivity index (χ3v) is 2.16. The molecule has 1 aliphatic rings. The van der Waals surface area contributed by atoms with Gasteiger partial charge >= 0.3 is 0 Å². The minimum atomic E-state index is -0.332. The van der Waals surface area contributed by atoms with Crippen LogP contribution < -0.4 is 0 Å². The third kappa shape index (κ3) is 1.61. The van der Waals surface area contributed by atoms with Gasteiger partial charge in [-0.2, -0.15) is 0 Å². The summed E-state index contributed by atoms with van der Waals surface area (Å²) >= 11 is 0.224. The molecule has 1 rings (SSSR count). The van der Waals surface area contributed by atoms with Crippen molar-refractivity contribution in [3.05, 3.63) is 11.5 Å². The van der Waals surface area contributed by atoms with Gasteiger partial charge in [0, 0.05) is 23.3 Å². The number of allylic oxidation sites excluding steroid dienone is 1. The molecular formula is C7H7BO3S. The van der Waals surface area contributed by atoms with E-state index in [0.29, 0.717) is 4.86 Å². The van der Waals surface area contributed by atoms with Gasteiger partial charge in [0.05, 0.1) is 11.3 Å². The predicted molar refractivity (Wildman–Crippen MR) is 49.0 cm³/mol. The number of hydrogen-bond acceptors (Lipinski definition) is 3. The molecule has 0 N–H and O–H groups in total. The molecule has 0 atom stereocenters. The molecule has 0 aromatic carbocycles. The lowest BCUT2D eigenvalue weighted by Gasteiger charge is -2.11. The van der Waals surface area contributed by atoms with Crippen LogP contribution in [0, 0.1) is 0 Å². The van der Waals surface area contributed by atoms with Crippen LogP contribution in [0.3, 0.4) is 0 Å². The quantitative estimate of drug-likeness (QED) is 0.222. The van der Waals surface area contributed by atoms with E-state index in [1.807, 2.05) is 0 Å². The Labute approximate surface area is 75.7 Å². The van der Waals surface area contributed by atoms with Gasteiger partial charge in [0.15, 0.2) is 11.6 Å². The van der Waals surface area contributed by atoms with Gasteiger partial charge < -0.3 is 0 Å². The summed E-state index contributed by atoms with van der Waals surface area (Å²) in [5.41, 5.74) is 0.0906. The average Bonchev–Trinajstić information content (AvgIpc) is 2.11. The lowest BCUT2D eigenvalue weighted by atomic mass is 9.88. The van der Waals surface area contributed by atoms with Crippen LogP contribution in [-0.4, -0.2) is 29.8 Å². The molecule has 0 aromatic rings. The van der Waals surface area contributed by atoms with Crippen molar-refractivity contribution >= 4 is 35.5 Å². The maximum absolute atomic E-state index is 11.2. The molecule has 1 fully saturated rings. The summed E-state index contributed by atoms with van der Waals surface area (Å²) in [6, 6.07) is 0. The summed E-state index contributed by atoms with van der Waals surface area (Å²) in [7, 11) is -0.0767.